The van der Waals surface area contributed by atoms with Crippen LogP contribution in [0.2, 0.25) is 0 Å². The van der Waals surface area contributed by atoms with Crippen LogP contribution in [0.15, 0.2) is 11.4 Å². The quantitative estimate of drug-likeness (QED) is 0.787. The van der Waals surface area contributed by atoms with Crippen molar-refractivity contribution >= 4 is 32.1 Å². The van der Waals surface area contributed by atoms with E-state index in [2.05, 4.69) is 18.4 Å². The molecule has 0 aliphatic heterocycles. The third kappa shape index (κ3) is 1.28. The molecule has 64 valence electrons. The molecule has 2 N–H and O–H groups in total. The van der Waals surface area contributed by atoms with Gasteiger partial charge >= 0.3 is 0 Å². The number of hydrogen-bond acceptors (Lipinski definition) is 3. The zero-order valence-electron chi connectivity index (χ0n) is 6.96. The summed E-state index contributed by atoms with van der Waals surface area (Å²) >= 11 is 3.71. The predicted octanol–water partition coefficient (Wildman–Crippen LogP) is 2.77. The second-order valence-corrected chi connectivity index (χ2v) is 5.25. The zero-order valence-corrected chi connectivity index (χ0v) is 8.60. The molecule has 2 rings (SSSR count). The lowest BCUT2D eigenvalue weighted by molar-refractivity contribution is 0.981. The summed E-state index contributed by atoms with van der Waals surface area (Å²) in [5.41, 5.74) is 6.94. The molecule has 2 aromatic heterocycles. The van der Waals surface area contributed by atoms with Crippen molar-refractivity contribution in [3.8, 4) is 0 Å². The van der Waals surface area contributed by atoms with Crippen molar-refractivity contribution in [2.75, 3.05) is 6.54 Å². The first-order valence-corrected chi connectivity index (χ1v) is 5.67. The van der Waals surface area contributed by atoms with Crippen LogP contribution in [0, 0.1) is 6.92 Å². The fourth-order valence-electron chi connectivity index (χ4n) is 1.34. The minimum absolute atomic E-state index is 0.751. The van der Waals surface area contributed by atoms with Crippen LogP contribution < -0.4 is 5.73 Å². The topological polar surface area (TPSA) is 26.0 Å². The Bertz CT molecular complexity index is 386. The highest BCUT2D eigenvalue weighted by Crippen LogP contribution is 2.33. The summed E-state index contributed by atoms with van der Waals surface area (Å²) in [6, 6.07) is 2.27. The maximum atomic E-state index is 5.53. The number of thiophene rings is 2. The summed E-state index contributed by atoms with van der Waals surface area (Å²) in [4.78, 5) is 1.40. The molecule has 0 atom stereocenters. The van der Waals surface area contributed by atoms with Gasteiger partial charge in [0.1, 0.15) is 0 Å². The van der Waals surface area contributed by atoms with Gasteiger partial charge in [-0.25, -0.2) is 0 Å². The second kappa shape index (κ2) is 3.17. The molecule has 0 amide bonds. The molecular weight excluding hydrogens is 186 g/mol. The van der Waals surface area contributed by atoms with E-state index in [0.29, 0.717) is 0 Å². The van der Waals surface area contributed by atoms with Crippen molar-refractivity contribution in [1.82, 2.24) is 0 Å². The predicted molar refractivity (Wildman–Crippen MR) is 57.2 cm³/mol. The van der Waals surface area contributed by atoms with Gasteiger partial charge in [-0.1, -0.05) is 0 Å². The first kappa shape index (κ1) is 8.23. The van der Waals surface area contributed by atoms with Gasteiger partial charge in [0.05, 0.1) is 4.01 Å². The summed E-state index contributed by atoms with van der Waals surface area (Å²) < 4.78 is 1.44. The molecule has 1 nitrogen and oxygen atoms in total. The third-order valence-electron chi connectivity index (χ3n) is 1.89. The van der Waals surface area contributed by atoms with Crippen LogP contribution in [-0.4, -0.2) is 6.54 Å². The number of aryl methyl sites for hydroxylation is 1. The molecule has 12 heavy (non-hydrogen) atoms. The van der Waals surface area contributed by atoms with Crippen molar-refractivity contribution < 1.29 is 0 Å². The fraction of sp³-hybridized carbons (Fsp3) is 0.333. The van der Waals surface area contributed by atoms with Crippen molar-refractivity contribution in [3.05, 3.63) is 21.9 Å². The Balaban J connectivity index is 2.53. The monoisotopic (exact) mass is 197 g/mol. The number of rotatable bonds is 2. The van der Waals surface area contributed by atoms with Crippen molar-refractivity contribution in [3.63, 3.8) is 0 Å². The summed E-state index contributed by atoms with van der Waals surface area (Å²) in [7, 11) is 0. The van der Waals surface area contributed by atoms with E-state index in [0.717, 1.165) is 13.0 Å². The molecule has 0 radical (unpaired) electrons. The lowest BCUT2D eigenvalue weighted by atomic mass is 10.2. The van der Waals surface area contributed by atoms with Crippen LogP contribution in [0.1, 0.15) is 10.4 Å². The van der Waals surface area contributed by atoms with E-state index >= 15 is 0 Å². The van der Waals surface area contributed by atoms with Gasteiger partial charge in [-0.15, -0.1) is 22.7 Å². The van der Waals surface area contributed by atoms with Crippen molar-refractivity contribution in [1.29, 1.82) is 0 Å². The molecule has 0 bridgehead atoms. The molecule has 0 saturated heterocycles. The summed E-state index contributed by atoms with van der Waals surface area (Å²) in [5.74, 6) is 0. The van der Waals surface area contributed by atoms with Crippen LogP contribution in [0.5, 0.6) is 0 Å². The lowest BCUT2D eigenvalue weighted by Crippen LogP contribution is -2.01. The first-order chi connectivity index (χ1) is 5.81. The van der Waals surface area contributed by atoms with Crippen molar-refractivity contribution in [2.24, 2.45) is 5.73 Å². The molecule has 0 aliphatic carbocycles. The molecule has 0 fully saturated rings. The van der Waals surface area contributed by atoms with Gasteiger partial charge in [0, 0.05) is 10.3 Å². The smallest absolute Gasteiger partial charge is 0.0870 e. The summed E-state index contributed by atoms with van der Waals surface area (Å²) in [5, 5.41) is 3.65. The van der Waals surface area contributed by atoms with Crippen LogP contribution in [0.4, 0.5) is 0 Å². The molecule has 0 unspecified atom stereocenters. The van der Waals surface area contributed by atoms with E-state index in [1.54, 1.807) is 0 Å². The maximum absolute atomic E-state index is 5.53. The molecular formula is C9H11NS2. The van der Waals surface area contributed by atoms with Crippen LogP contribution in [-0.2, 0) is 6.42 Å². The SMILES string of the molecule is Cc1cc2c(CCN)csc2s1. The molecule has 0 aliphatic rings. The van der Waals surface area contributed by atoms with Crippen LogP contribution in [0.3, 0.4) is 0 Å². The fourth-order valence-corrected chi connectivity index (χ4v) is 3.65. The largest absolute Gasteiger partial charge is 0.330 e. The maximum Gasteiger partial charge on any atom is 0.0870 e. The molecule has 3 heteroatoms. The van der Waals surface area contributed by atoms with E-state index in [-0.39, 0.29) is 0 Å². The van der Waals surface area contributed by atoms with E-state index in [1.165, 1.54) is 19.8 Å². The highest BCUT2D eigenvalue weighted by molar-refractivity contribution is 7.37. The molecule has 0 spiro atoms. The van der Waals surface area contributed by atoms with Gasteiger partial charge in [0.25, 0.3) is 0 Å². The molecule has 2 aromatic rings. The normalized spacial score (nSPS) is 11.2. The minimum Gasteiger partial charge on any atom is -0.330 e. The van der Waals surface area contributed by atoms with Gasteiger partial charge < -0.3 is 5.73 Å². The third-order valence-corrected chi connectivity index (χ3v) is 4.11. The Kier molecular flexibility index (Phi) is 2.17. The Morgan fingerprint density at radius 3 is 3.08 bits per heavy atom. The van der Waals surface area contributed by atoms with Crippen LogP contribution >= 0.6 is 22.7 Å². The van der Waals surface area contributed by atoms with Gasteiger partial charge in [0.15, 0.2) is 0 Å². The van der Waals surface area contributed by atoms with E-state index in [9.17, 15) is 0 Å². The van der Waals surface area contributed by atoms with Crippen LogP contribution in [0.25, 0.3) is 9.40 Å². The Hall–Kier alpha value is -0.380. The zero-order chi connectivity index (χ0) is 8.55. The molecule has 0 saturated carbocycles. The number of nitrogens with two attached hydrogens (primary N) is 1. The second-order valence-electron chi connectivity index (χ2n) is 2.86. The molecule has 2 heterocycles. The lowest BCUT2D eigenvalue weighted by Gasteiger charge is -1.90. The Morgan fingerprint density at radius 1 is 1.50 bits per heavy atom. The Morgan fingerprint density at radius 2 is 2.33 bits per heavy atom. The summed E-state index contributed by atoms with van der Waals surface area (Å²) in [6.07, 6.45) is 1.01. The van der Waals surface area contributed by atoms with E-state index < -0.39 is 0 Å². The van der Waals surface area contributed by atoms with Gasteiger partial charge in [-0.2, -0.15) is 0 Å². The summed E-state index contributed by atoms with van der Waals surface area (Å²) in [6.45, 7) is 2.91. The van der Waals surface area contributed by atoms with Gasteiger partial charge in [-0.05, 0) is 36.9 Å². The highest BCUT2D eigenvalue weighted by Gasteiger charge is 2.05. The highest BCUT2D eigenvalue weighted by atomic mass is 32.2. The first-order valence-electron chi connectivity index (χ1n) is 3.98. The Labute approximate surface area is 79.8 Å². The van der Waals surface area contributed by atoms with Gasteiger partial charge in [0.2, 0.25) is 0 Å². The standard InChI is InChI=1S/C9H11NS2/c1-6-4-8-7(2-3-10)5-11-9(8)12-6/h4-5H,2-3,10H2,1H3. The number of hydrogen-bond donors (Lipinski definition) is 1. The van der Waals surface area contributed by atoms with Gasteiger partial charge in [-0.3, -0.25) is 0 Å². The van der Waals surface area contributed by atoms with Crippen molar-refractivity contribution in [2.45, 2.75) is 13.3 Å². The van der Waals surface area contributed by atoms with E-state index in [1.807, 2.05) is 22.7 Å². The van der Waals surface area contributed by atoms with E-state index in [4.69, 9.17) is 5.73 Å². The molecule has 0 aromatic carbocycles. The number of fused-ring (bicyclic) bond motifs is 1. The average Bonchev–Trinajstić information content (AvgIpc) is 2.52. The average molecular weight is 197 g/mol. The minimum atomic E-state index is 0.751.